The zero-order valence-electron chi connectivity index (χ0n) is 13.9. The summed E-state index contributed by atoms with van der Waals surface area (Å²) in [6, 6.07) is 9.80. The van der Waals surface area contributed by atoms with Crippen LogP contribution in [0.2, 0.25) is 0 Å². The lowest BCUT2D eigenvalue weighted by Gasteiger charge is -2.43. The van der Waals surface area contributed by atoms with E-state index in [4.69, 9.17) is 18.9 Å². The van der Waals surface area contributed by atoms with Crippen molar-refractivity contribution in [3.05, 3.63) is 35.9 Å². The summed E-state index contributed by atoms with van der Waals surface area (Å²) in [5.41, 5.74) is -0.273. The number of fused-ring (bicyclic) bond motifs is 3. The largest absolute Gasteiger partial charge is 0.393 e. The van der Waals surface area contributed by atoms with Crippen molar-refractivity contribution in [3.63, 3.8) is 0 Å². The smallest absolute Gasteiger partial charge is 0.190 e. The van der Waals surface area contributed by atoms with Gasteiger partial charge in [0.25, 0.3) is 0 Å². The highest BCUT2D eigenvalue weighted by molar-refractivity contribution is 5.15. The second kappa shape index (κ2) is 5.76. The lowest BCUT2D eigenvalue weighted by atomic mass is 9.77. The summed E-state index contributed by atoms with van der Waals surface area (Å²) in [6.45, 7) is 3.97. The second-order valence-corrected chi connectivity index (χ2v) is 7.40. The third-order valence-electron chi connectivity index (χ3n) is 5.04. The molecule has 6 nitrogen and oxygen atoms in total. The minimum Gasteiger partial charge on any atom is -0.393 e. The minimum absolute atomic E-state index is 0.198. The van der Waals surface area contributed by atoms with Crippen molar-refractivity contribution in [1.29, 1.82) is 0 Å². The Morgan fingerprint density at radius 2 is 1.92 bits per heavy atom. The third-order valence-corrected chi connectivity index (χ3v) is 5.04. The molecule has 24 heavy (non-hydrogen) atoms. The molecule has 1 aromatic carbocycles. The van der Waals surface area contributed by atoms with Gasteiger partial charge in [-0.2, -0.15) is 0 Å². The maximum absolute atomic E-state index is 11.2. The van der Waals surface area contributed by atoms with Crippen LogP contribution in [0.3, 0.4) is 0 Å². The lowest BCUT2D eigenvalue weighted by molar-refractivity contribution is -0.261. The molecule has 1 saturated carbocycles. The molecule has 2 aliphatic heterocycles. The van der Waals surface area contributed by atoms with Crippen molar-refractivity contribution in [2.24, 2.45) is 0 Å². The summed E-state index contributed by atoms with van der Waals surface area (Å²) in [6.07, 6.45) is -2.29. The van der Waals surface area contributed by atoms with Crippen LogP contribution < -0.4 is 0 Å². The molecular weight excluding hydrogens is 312 g/mol. The molecule has 0 bridgehead atoms. The van der Waals surface area contributed by atoms with Gasteiger partial charge in [0.2, 0.25) is 0 Å². The third kappa shape index (κ3) is 2.77. The normalized spacial score (nSPS) is 43.4. The number of aliphatic hydroxyl groups excluding tert-OH is 1. The summed E-state index contributed by atoms with van der Waals surface area (Å²) in [5.74, 6) is -0.807. The second-order valence-electron chi connectivity index (χ2n) is 7.40. The monoisotopic (exact) mass is 336 g/mol. The molecule has 1 aliphatic carbocycles. The molecule has 0 amide bonds. The Balaban J connectivity index is 1.51. The van der Waals surface area contributed by atoms with Crippen LogP contribution in [0, 0.1) is 0 Å². The van der Waals surface area contributed by atoms with Crippen molar-refractivity contribution < 1.29 is 29.2 Å². The Morgan fingerprint density at radius 3 is 2.67 bits per heavy atom. The summed E-state index contributed by atoms with van der Waals surface area (Å²) in [7, 11) is 0. The van der Waals surface area contributed by atoms with Crippen LogP contribution in [0.25, 0.3) is 0 Å². The molecule has 2 heterocycles. The predicted octanol–water partition coefficient (Wildman–Crippen LogP) is 1.33. The van der Waals surface area contributed by atoms with E-state index >= 15 is 0 Å². The standard InChI is InChI=1S/C18H24O6/c1-17(2)23-15-16(24-17)22-14-13(8-12(19)9-18(14,15)20)21-10-11-6-4-3-5-7-11/h3-7,12-16,19-20H,8-10H2,1-2H3. The van der Waals surface area contributed by atoms with E-state index in [1.807, 2.05) is 30.3 Å². The van der Waals surface area contributed by atoms with Crippen LogP contribution in [0.4, 0.5) is 0 Å². The van der Waals surface area contributed by atoms with Gasteiger partial charge >= 0.3 is 0 Å². The van der Waals surface area contributed by atoms with Crippen molar-refractivity contribution in [3.8, 4) is 0 Å². The van der Waals surface area contributed by atoms with E-state index in [0.29, 0.717) is 13.0 Å². The van der Waals surface area contributed by atoms with Gasteiger partial charge in [-0.1, -0.05) is 30.3 Å². The summed E-state index contributed by atoms with van der Waals surface area (Å²) >= 11 is 0. The first-order chi connectivity index (χ1) is 11.4. The van der Waals surface area contributed by atoms with E-state index in [9.17, 15) is 10.2 Å². The Morgan fingerprint density at radius 1 is 1.17 bits per heavy atom. The molecule has 1 aromatic rings. The SMILES string of the molecule is CC1(C)OC2OC3C(OCc4ccccc4)CC(O)CC3(O)C2O1. The maximum Gasteiger partial charge on any atom is 0.190 e. The van der Waals surface area contributed by atoms with E-state index in [1.165, 1.54) is 0 Å². The molecule has 3 fully saturated rings. The van der Waals surface area contributed by atoms with Gasteiger partial charge in [0.1, 0.15) is 17.8 Å². The highest BCUT2D eigenvalue weighted by Crippen LogP contribution is 2.49. The first-order valence-electron chi connectivity index (χ1n) is 8.44. The molecule has 0 aromatic heterocycles. The summed E-state index contributed by atoms with van der Waals surface area (Å²) in [5, 5.41) is 21.4. The Labute approximate surface area is 141 Å². The van der Waals surface area contributed by atoms with Crippen LogP contribution in [0.15, 0.2) is 30.3 Å². The first-order valence-corrected chi connectivity index (χ1v) is 8.44. The van der Waals surface area contributed by atoms with Crippen molar-refractivity contribution in [2.45, 2.75) is 75.4 Å². The van der Waals surface area contributed by atoms with Crippen molar-refractivity contribution in [1.82, 2.24) is 0 Å². The van der Waals surface area contributed by atoms with Gasteiger partial charge in [-0.25, -0.2) is 0 Å². The van der Waals surface area contributed by atoms with Gasteiger partial charge < -0.3 is 29.2 Å². The number of hydrogen-bond acceptors (Lipinski definition) is 6. The quantitative estimate of drug-likeness (QED) is 0.867. The number of benzene rings is 1. The molecule has 3 aliphatic rings. The Hall–Kier alpha value is -1.02. The average Bonchev–Trinajstić information content (AvgIpc) is 2.97. The molecule has 4 rings (SSSR count). The molecule has 2 N–H and O–H groups in total. The molecule has 0 radical (unpaired) electrons. The average molecular weight is 336 g/mol. The first kappa shape index (κ1) is 16.4. The number of aliphatic hydroxyl groups is 2. The van der Waals surface area contributed by atoms with Crippen molar-refractivity contribution in [2.75, 3.05) is 0 Å². The summed E-state index contributed by atoms with van der Waals surface area (Å²) in [4.78, 5) is 0. The lowest BCUT2D eigenvalue weighted by Crippen LogP contribution is -2.59. The van der Waals surface area contributed by atoms with E-state index in [2.05, 4.69) is 0 Å². The summed E-state index contributed by atoms with van der Waals surface area (Å²) < 4.78 is 23.5. The van der Waals surface area contributed by atoms with E-state index in [0.717, 1.165) is 5.56 Å². The van der Waals surface area contributed by atoms with E-state index in [-0.39, 0.29) is 6.42 Å². The maximum atomic E-state index is 11.2. The fourth-order valence-electron chi connectivity index (χ4n) is 4.02. The van der Waals surface area contributed by atoms with Crippen LogP contribution >= 0.6 is 0 Å². The molecular formula is C18H24O6. The van der Waals surface area contributed by atoms with Gasteiger partial charge in [0.05, 0.1) is 18.8 Å². The molecule has 2 saturated heterocycles. The molecule has 6 atom stereocenters. The van der Waals surface area contributed by atoms with Crippen LogP contribution in [-0.2, 0) is 25.6 Å². The topological polar surface area (TPSA) is 77.4 Å². The number of rotatable bonds is 3. The minimum atomic E-state index is -1.31. The molecule has 6 unspecified atom stereocenters. The molecule has 132 valence electrons. The van der Waals surface area contributed by atoms with Crippen LogP contribution in [0.1, 0.15) is 32.3 Å². The van der Waals surface area contributed by atoms with Gasteiger partial charge in [-0.3, -0.25) is 0 Å². The van der Waals surface area contributed by atoms with Crippen LogP contribution in [0.5, 0.6) is 0 Å². The predicted molar refractivity (Wildman–Crippen MR) is 83.9 cm³/mol. The zero-order valence-corrected chi connectivity index (χ0v) is 13.9. The fourth-order valence-corrected chi connectivity index (χ4v) is 4.02. The van der Waals surface area contributed by atoms with E-state index < -0.39 is 42.1 Å². The Bertz CT molecular complexity index is 590. The van der Waals surface area contributed by atoms with Gasteiger partial charge in [-0.05, 0) is 19.4 Å². The number of hydrogen-bond donors (Lipinski definition) is 2. The highest BCUT2D eigenvalue weighted by atomic mass is 16.8. The van der Waals surface area contributed by atoms with E-state index in [1.54, 1.807) is 13.8 Å². The van der Waals surface area contributed by atoms with Gasteiger partial charge in [-0.15, -0.1) is 0 Å². The van der Waals surface area contributed by atoms with Gasteiger partial charge in [0.15, 0.2) is 12.1 Å². The number of ether oxygens (including phenoxy) is 4. The highest BCUT2D eigenvalue weighted by Gasteiger charge is 2.67. The molecule has 0 spiro atoms. The molecule has 6 heteroatoms. The Kier molecular flexibility index (Phi) is 3.95. The fraction of sp³-hybridized carbons (Fsp3) is 0.667. The van der Waals surface area contributed by atoms with Gasteiger partial charge in [0, 0.05) is 12.8 Å². The van der Waals surface area contributed by atoms with Crippen LogP contribution in [-0.4, -0.2) is 52.3 Å². The van der Waals surface area contributed by atoms with Crippen molar-refractivity contribution >= 4 is 0 Å². The zero-order chi connectivity index (χ0) is 16.9.